The third kappa shape index (κ3) is 5.92. The van der Waals surface area contributed by atoms with Gasteiger partial charge in [-0.2, -0.15) is 0 Å². The molecule has 1 saturated heterocycles. The van der Waals surface area contributed by atoms with Gasteiger partial charge in [-0.1, -0.05) is 117 Å². The first kappa shape index (κ1) is 28.3. The summed E-state index contributed by atoms with van der Waals surface area (Å²) in [5.74, 6) is -0.128. The Kier molecular flexibility index (Phi) is 9.14. The molecule has 1 aliphatic rings. The van der Waals surface area contributed by atoms with Gasteiger partial charge in [0.05, 0.1) is 0 Å². The third-order valence-corrected chi connectivity index (χ3v) is 9.27. The fraction of sp³-hybridized carbons (Fsp3) is 0.351. The van der Waals surface area contributed by atoms with E-state index >= 15 is 0 Å². The quantitative estimate of drug-likeness (QED) is 0.180. The maximum atomic E-state index is 14.4. The highest BCUT2D eigenvalue weighted by atomic mass is 19.1. The second-order valence-corrected chi connectivity index (χ2v) is 11.3. The van der Waals surface area contributed by atoms with E-state index < -0.39 is 0 Å². The number of nitrogens with zero attached hydrogens (tertiary/aromatic N) is 2. The van der Waals surface area contributed by atoms with Crippen LogP contribution in [0.2, 0.25) is 0 Å². The monoisotopic (exact) mass is 534 g/mol. The lowest BCUT2D eigenvalue weighted by Gasteiger charge is -2.46. The van der Waals surface area contributed by atoms with Crippen LogP contribution in [0.1, 0.15) is 55.4 Å². The third-order valence-electron chi connectivity index (χ3n) is 9.27. The lowest BCUT2D eigenvalue weighted by Crippen LogP contribution is -2.49. The number of likely N-dealkylation sites (N-methyl/N-ethyl adjacent to an activating group) is 1. The minimum Gasteiger partial charge on any atom is -0.303 e. The van der Waals surface area contributed by atoms with Crippen molar-refractivity contribution in [1.82, 2.24) is 9.80 Å². The lowest BCUT2D eigenvalue weighted by molar-refractivity contribution is 0.116. The van der Waals surface area contributed by atoms with Gasteiger partial charge in [-0.15, -0.1) is 0 Å². The molecule has 0 amide bonds. The summed E-state index contributed by atoms with van der Waals surface area (Å²) >= 11 is 0. The standard InChI is InChI=1S/C37H43FN2/c1-3-39(4-2)30-36(34-21-14-22-35(38)29-34)23-26-40(27-24-36)28-25-37(31-15-8-5-9-16-31,32-17-10-6-11-18-32)33-19-12-7-13-20-33/h5-22,29H,3-4,23-28,30H2,1-2H3. The molecule has 0 aliphatic carbocycles. The van der Waals surface area contributed by atoms with Crippen molar-refractivity contribution in [3.05, 3.63) is 143 Å². The van der Waals surface area contributed by atoms with E-state index in [2.05, 4.69) is 121 Å². The zero-order chi connectivity index (χ0) is 27.8. The van der Waals surface area contributed by atoms with Gasteiger partial charge in [-0.05, 0) is 86.4 Å². The van der Waals surface area contributed by atoms with Crippen LogP contribution in [-0.2, 0) is 10.8 Å². The van der Waals surface area contributed by atoms with Crippen molar-refractivity contribution in [2.45, 2.75) is 43.9 Å². The maximum Gasteiger partial charge on any atom is 0.123 e. The first-order chi connectivity index (χ1) is 19.6. The molecule has 1 heterocycles. The number of hydrogen-bond donors (Lipinski definition) is 0. The van der Waals surface area contributed by atoms with E-state index in [0.717, 1.165) is 64.1 Å². The zero-order valence-electron chi connectivity index (χ0n) is 24.1. The topological polar surface area (TPSA) is 6.48 Å². The second-order valence-electron chi connectivity index (χ2n) is 11.3. The van der Waals surface area contributed by atoms with Gasteiger partial charge in [-0.25, -0.2) is 4.39 Å². The Labute approximate surface area is 240 Å². The van der Waals surface area contributed by atoms with E-state index in [4.69, 9.17) is 0 Å². The zero-order valence-corrected chi connectivity index (χ0v) is 24.1. The van der Waals surface area contributed by atoms with Crippen LogP contribution >= 0.6 is 0 Å². The summed E-state index contributed by atoms with van der Waals surface area (Å²) in [6, 6.07) is 40.4. The Morgan fingerprint density at radius 3 is 1.65 bits per heavy atom. The number of hydrogen-bond acceptors (Lipinski definition) is 2. The average Bonchev–Trinajstić information content (AvgIpc) is 3.02. The first-order valence-corrected chi connectivity index (χ1v) is 15.0. The van der Waals surface area contributed by atoms with Gasteiger partial charge in [0, 0.05) is 17.4 Å². The highest BCUT2D eigenvalue weighted by Gasteiger charge is 2.40. The van der Waals surface area contributed by atoms with Gasteiger partial charge in [-0.3, -0.25) is 0 Å². The molecule has 40 heavy (non-hydrogen) atoms. The van der Waals surface area contributed by atoms with Gasteiger partial charge >= 0.3 is 0 Å². The molecule has 2 nitrogen and oxygen atoms in total. The number of rotatable bonds is 11. The summed E-state index contributed by atoms with van der Waals surface area (Å²) in [5, 5.41) is 0. The molecule has 0 spiro atoms. The minimum atomic E-state index is -0.234. The molecule has 3 heteroatoms. The van der Waals surface area contributed by atoms with Crippen LogP contribution in [0.15, 0.2) is 115 Å². The molecule has 0 bridgehead atoms. The van der Waals surface area contributed by atoms with Crippen molar-refractivity contribution in [1.29, 1.82) is 0 Å². The number of piperidine rings is 1. The SMILES string of the molecule is CCN(CC)CC1(c2cccc(F)c2)CCN(CCC(c2ccccc2)(c2ccccc2)c2ccccc2)CC1. The van der Waals surface area contributed by atoms with Gasteiger partial charge in [0.15, 0.2) is 0 Å². The Morgan fingerprint density at radius 2 is 1.20 bits per heavy atom. The highest BCUT2D eigenvalue weighted by Crippen LogP contribution is 2.43. The molecule has 208 valence electrons. The van der Waals surface area contributed by atoms with E-state index in [1.165, 1.54) is 16.7 Å². The van der Waals surface area contributed by atoms with Crippen molar-refractivity contribution in [3.8, 4) is 0 Å². The Morgan fingerprint density at radius 1 is 0.700 bits per heavy atom. The van der Waals surface area contributed by atoms with E-state index in [1.807, 2.05) is 6.07 Å². The largest absolute Gasteiger partial charge is 0.303 e. The molecule has 4 aromatic carbocycles. The van der Waals surface area contributed by atoms with E-state index in [-0.39, 0.29) is 16.6 Å². The predicted octanol–water partition coefficient (Wildman–Crippen LogP) is 7.93. The second kappa shape index (κ2) is 12.9. The van der Waals surface area contributed by atoms with Gasteiger partial charge in [0.2, 0.25) is 0 Å². The molecule has 5 rings (SSSR count). The Bertz CT molecular complexity index is 1210. The van der Waals surface area contributed by atoms with Crippen molar-refractivity contribution >= 4 is 0 Å². The van der Waals surface area contributed by atoms with Crippen LogP contribution in [0.3, 0.4) is 0 Å². The van der Waals surface area contributed by atoms with Crippen molar-refractivity contribution < 1.29 is 4.39 Å². The highest BCUT2D eigenvalue weighted by molar-refractivity contribution is 5.50. The van der Waals surface area contributed by atoms with Crippen LogP contribution < -0.4 is 0 Å². The van der Waals surface area contributed by atoms with Crippen LogP contribution in [0, 0.1) is 5.82 Å². The van der Waals surface area contributed by atoms with E-state index in [1.54, 1.807) is 12.1 Å². The van der Waals surface area contributed by atoms with E-state index in [0.29, 0.717) is 0 Å². The summed E-state index contributed by atoms with van der Waals surface area (Å²) in [6.07, 6.45) is 3.08. The minimum absolute atomic E-state index is 0.0139. The van der Waals surface area contributed by atoms with Gasteiger partial charge in [0.25, 0.3) is 0 Å². The Balaban J connectivity index is 1.43. The normalized spacial score (nSPS) is 15.8. The first-order valence-electron chi connectivity index (χ1n) is 15.0. The van der Waals surface area contributed by atoms with Crippen LogP contribution in [0.5, 0.6) is 0 Å². The molecule has 0 radical (unpaired) electrons. The maximum absolute atomic E-state index is 14.4. The number of halogens is 1. The van der Waals surface area contributed by atoms with Crippen molar-refractivity contribution in [3.63, 3.8) is 0 Å². The summed E-state index contributed by atoms with van der Waals surface area (Å²) in [6.45, 7) is 10.5. The molecule has 4 aromatic rings. The molecular weight excluding hydrogens is 491 g/mol. The van der Waals surface area contributed by atoms with Gasteiger partial charge in [0.1, 0.15) is 5.82 Å². The molecule has 0 aromatic heterocycles. The van der Waals surface area contributed by atoms with E-state index in [9.17, 15) is 4.39 Å². The molecule has 0 atom stereocenters. The smallest absolute Gasteiger partial charge is 0.123 e. The van der Waals surface area contributed by atoms with Crippen molar-refractivity contribution in [2.75, 3.05) is 39.3 Å². The van der Waals surface area contributed by atoms with Crippen LogP contribution in [0.25, 0.3) is 0 Å². The van der Waals surface area contributed by atoms with Gasteiger partial charge < -0.3 is 9.80 Å². The summed E-state index contributed by atoms with van der Waals surface area (Å²) in [4.78, 5) is 5.15. The summed E-state index contributed by atoms with van der Waals surface area (Å²) in [7, 11) is 0. The predicted molar refractivity (Wildman–Crippen MR) is 165 cm³/mol. The molecule has 1 aliphatic heterocycles. The fourth-order valence-corrected chi connectivity index (χ4v) is 6.86. The molecule has 1 fully saturated rings. The van der Waals surface area contributed by atoms with Crippen LogP contribution in [-0.4, -0.2) is 49.1 Å². The summed E-state index contributed by atoms with van der Waals surface area (Å²) < 4.78 is 14.4. The molecule has 0 unspecified atom stereocenters. The Hall–Kier alpha value is -3.27. The lowest BCUT2D eigenvalue weighted by atomic mass is 9.67. The van der Waals surface area contributed by atoms with Crippen molar-refractivity contribution in [2.24, 2.45) is 0 Å². The van der Waals surface area contributed by atoms with Crippen LogP contribution in [0.4, 0.5) is 4.39 Å². The fourth-order valence-electron chi connectivity index (χ4n) is 6.86. The molecular formula is C37H43FN2. The average molecular weight is 535 g/mol. The number of likely N-dealkylation sites (tertiary alicyclic amines) is 1. The number of benzene rings is 4. The molecule has 0 saturated carbocycles. The molecule has 0 N–H and O–H groups in total. The summed E-state index contributed by atoms with van der Waals surface area (Å²) in [5.41, 5.74) is 4.91.